The SMILES string of the molecule is Cn1oc(=O)c2c1N=C1COCC(=O)C1C2c1ccc(Cl)c([N+](=O)[O-])c1. The maximum atomic E-state index is 12.5. The average molecular weight is 378 g/mol. The van der Waals surface area contributed by atoms with E-state index in [4.69, 9.17) is 20.9 Å². The van der Waals surface area contributed by atoms with Crippen molar-refractivity contribution in [2.75, 3.05) is 13.2 Å². The number of rotatable bonds is 2. The number of fused-ring (bicyclic) bond motifs is 2. The number of ether oxygens (including phenoxy) is 1. The monoisotopic (exact) mass is 377 g/mol. The first kappa shape index (κ1) is 16.7. The van der Waals surface area contributed by atoms with Gasteiger partial charge in [-0.2, -0.15) is 4.74 Å². The molecule has 4 rings (SSSR count). The van der Waals surface area contributed by atoms with Crippen molar-refractivity contribution in [1.82, 2.24) is 4.74 Å². The average Bonchev–Trinajstić information content (AvgIpc) is 2.88. The molecule has 134 valence electrons. The number of nitro groups is 1. The molecule has 1 saturated heterocycles. The number of aromatic nitrogens is 1. The molecule has 2 aliphatic rings. The zero-order valence-electron chi connectivity index (χ0n) is 13.5. The van der Waals surface area contributed by atoms with E-state index in [1.807, 2.05) is 0 Å². The van der Waals surface area contributed by atoms with E-state index in [9.17, 15) is 19.7 Å². The Morgan fingerprint density at radius 3 is 2.81 bits per heavy atom. The van der Waals surface area contributed by atoms with E-state index in [0.29, 0.717) is 11.3 Å². The second kappa shape index (κ2) is 5.89. The van der Waals surface area contributed by atoms with E-state index in [-0.39, 0.29) is 41.1 Å². The first-order chi connectivity index (χ1) is 12.4. The Balaban J connectivity index is 1.98. The number of nitro benzene ring substituents is 1. The van der Waals surface area contributed by atoms with Crippen molar-refractivity contribution in [2.45, 2.75) is 5.92 Å². The van der Waals surface area contributed by atoms with Crippen LogP contribution < -0.4 is 5.63 Å². The quantitative estimate of drug-likeness (QED) is 0.583. The smallest absolute Gasteiger partial charge is 0.363 e. The van der Waals surface area contributed by atoms with Crippen molar-refractivity contribution < 1.29 is 19.0 Å². The molecule has 0 spiro atoms. The van der Waals surface area contributed by atoms with Crippen LogP contribution in [0.25, 0.3) is 0 Å². The first-order valence-electron chi connectivity index (χ1n) is 7.70. The highest BCUT2D eigenvalue weighted by atomic mass is 35.5. The normalized spacial score (nSPS) is 21.8. The number of aliphatic imine (C=N–C) groups is 1. The lowest BCUT2D eigenvalue weighted by atomic mass is 9.74. The zero-order chi connectivity index (χ0) is 18.6. The number of halogens is 1. The third kappa shape index (κ3) is 2.39. The van der Waals surface area contributed by atoms with E-state index < -0.39 is 22.4 Å². The second-order valence-electron chi connectivity index (χ2n) is 6.10. The molecule has 2 unspecified atom stereocenters. The lowest BCUT2D eigenvalue weighted by Crippen LogP contribution is -2.43. The van der Waals surface area contributed by atoms with Gasteiger partial charge in [0.05, 0.1) is 28.7 Å². The van der Waals surface area contributed by atoms with Gasteiger partial charge in [-0.25, -0.2) is 9.79 Å². The Labute approximate surface area is 150 Å². The summed E-state index contributed by atoms with van der Waals surface area (Å²) in [4.78, 5) is 39.9. The summed E-state index contributed by atoms with van der Waals surface area (Å²) in [5.41, 5.74) is 0.163. The van der Waals surface area contributed by atoms with Gasteiger partial charge in [0.25, 0.3) is 5.69 Å². The molecule has 0 radical (unpaired) electrons. The molecule has 1 fully saturated rings. The van der Waals surface area contributed by atoms with Crippen LogP contribution in [0.2, 0.25) is 5.02 Å². The predicted octanol–water partition coefficient (Wildman–Crippen LogP) is 1.97. The predicted molar refractivity (Wildman–Crippen MR) is 90.3 cm³/mol. The van der Waals surface area contributed by atoms with Crippen LogP contribution in [-0.4, -0.2) is 34.4 Å². The van der Waals surface area contributed by atoms with E-state index >= 15 is 0 Å². The highest BCUT2D eigenvalue weighted by Crippen LogP contribution is 2.43. The Kier molecular flexibility index (Phi) is 3.78. The summed E-state index contributed by atoms with van der Waals surface area (Å²) >= 11 is 5.90. The fraction of sp³-hybridized carbons (Fsp3) is 0.312. The van der Waals surface area contributed by atoms with Crippen molar-refractivity contribution in [1.29, 1.82) is 0 Å². The van der Waals surface area contributed by atoms with Gasteiger partial charge in [0.2, 0.25) is 0 Å². The van der Waals surface area contributed by atoms with Crippen LogP contribution in [0.4, 0.5) is 11.5 Å². The summed E-state index contributed by atoms with van der Waals surface area (Å²) < 4.78 is 11.6. The number of hydrogen-bond acceptors (Lipinski definition) is 7. The van der Waals surface area contributed by atoms with Gasteiger partial charge in [-0.15, -0.1) is 0 Å². The summed E-state index contributed by atoms with van der Waals surface area (Å²) in [6, 6.07) is 4.24. The van der Waals surface area contributed by atoms with Crippen LogP contribution in [-0.2, 0) is 16.6 Å². The number of Topliss-reactive ketones (excluding diaryl/α,β-unsaturated/α-hetero) is 1. The lowest BCUT2D eigenvalue weighted by molar-refractivity contribution is -0.384. The first-order valence-corrected chi connectivity index (χ1v) is 8.08. The van der Waals surface area contributed by atoms with Gasteiger partial charge in [0.15, 0.2) is 11.6 Å². The minimum atomic E-state index is -0.748. The zero-order valence-corrected chi connectivity index (χ0v) is 14.2. The van der Waals surface area contributed by atoms with Gasteiger partial charge in [-0.1, -0.05) is 17.7 Å². The van der Waals surface area contributed by atoms with Gasteiger partial charge in [0.1, 0.15) is 11.6 Å². The molecule has 26 heavy (non-hydrogen) atoms. The molecule has 0 N–H and O–H groups in total. The van der Waals surface area contributed by atoms with E-state index in [2.05, 4.69) is 4.99 Å². The molecule has 1 aromatic heterocycles. The molecule has 10 heteroatoms. The number of benzene rings is 1. The van der Waals surface area contributed by atoms with Crippen molar-refractivity contribution in [3.05, 3.63) is 54.9 Å². The van der Waals surface area contributed by atoms with Crippen molar-refractivity contribution >= 4 is 34.6 Å². The number of carbonyl (C=O) groups excluding carboxylic acids is 1. The number of aryl methyl sites for hydroxylation is 1. The summed E-state index contributed by atoms with van der Waals surface area (Å²) in [7, 11) is 1.53. The van der Waals surface area contributed by atoms with Crippen LogP contribution >= 0.6 is 11.6 Å². The fourth-order valence-electron chi connectivity index (χ4n) is 3.50. The number of hydrogen-bond donors (Lipinski definition) is 0. The molecule has 2 aromatic rings. The Morgan fingerprint density at radius 1 is 1.31 bits per heavy atom. The van der Waals surface area contributed by atoms with Gasteiger partial charge in [0, 0.05) is 19.0 Å². The van der Waals surface area contributed by atoms with Crippen molar-refractivity contribution in [2.24, 2.45) is 18.0 Å². The van der Waals surface area contributed by atoms with Gasteiger partial charge in [-0.05, 0) is 11.6 Å². The summed E-state index contributed by atoms with van der Waals surface area (Å²) in [5.74, 6) is -1.45. The van der Waals surface area contributed by atoms with Gasteiger partial charge in [-0.3, -0.25) is 14.9 Å². The molecular weight excluding hydrogens is 366 g/mol. The third-order valence-electron chi connectivity index (χ3n) is 4.60. The van der Waals surface area contributed by atoms with Crippen LogP contribution in [0.5, 0.6) is 0 Å². The van der Waals surface area contributed by atoms with Gasteiger partial charge >= 0.3 is 5.63 Å². The maximum absolute atomic E-state index is 12.5. The van der Waals surface area contributed by atoms with Crippen LogP contribution in [0, 0.1) is 16.0 Å². The summed E-state index contributed by atoms with van der Waals surface area (Å²) in [6.45, 7) is 0.0325. The highest BCUT2D eigenvalue weighted by molar-refractivity contribution is 6.32. The van der Waals surface area contributed by atoms with E-state index in [0.717, 1.165) is 0 Å². The van der Waals surface area contributed by atoms with Crippen molar-refractivity contribution in [3.8, 4) is 0 Å². The molecule has 0 bridgehead atoms. The minimum Gasteiger partial charge on any atom is -0.368 e. The highest BCUT2D eigenvalue weighted by Gasteiger charge is 2.45. The standard InChI is InChI=1S/C16H12ClN3O6/c1-19-15-14(16(22)26-19)12(13-9(18-15)5-25-6-11(13)21)7-2-3-8(17)10(4-7)20(23)24/h2-4,12-13H,5-6H2,1H3. The van der Waals surface area contributed by atoms with E-state index in [1.54, 1.807) is 6.07 Å². The van der Waals surface area contributed by atoms with Crippen LogP contribution in [0.1, 0.15) is 17.0 Å². The minimum absolute atomic E-state index is 0.0259. The number of carbonyl (C=O) groups is 1. The van der Waals surface area contributed by atoms with E-state index in [1.165, 1.54) is 23.9 Å². The summed E-state index contributed by atoms with van der Waals surface area (Å²) in [6.07, 6.45) is 0. The van der Waals surface area contributed by atoms with Gasteiger partial charge < -0.3 is 9.26 Å². The fourth-order valence-corrected chi connectivity index (χ4v) is 3.69. The third-order valence-corrected chi connectivity index (χ3v) is 4.92. The topological polar surface area (TPSA) is 117 Å². The maximum Gasteiger partial charge on any atom is 0.363 e. The molecule has 2 atom stereocenters. The molecule has 1 aromatic carbocycles. The van der Waals surface area contributed by atoms with Crippen LogP contribution in [0.15, 0.2) is 32.5 Å². The Morgan fingerprint density at radius 2 is 2.08 bits per heavy atom. The molecule has 0 saturated carbocycles. The molecule has 0 amide bonds. The number of ketones is 1. The molecule has 9 nitrogen and oxygen atoms in total. The molecular formula is C16H12ClN3O6. The number of nitrogens with zero attached hydrogens (tertiary/aromatic N) is 3. The second-order valence-corrected chi connectivity index (χ2v) is 6.51. The lowest BCUT2D eigenvalue weighted by Gasteiger charge is -2.32. The molecule has 2 aliphatic heterocycles. The molecule has 3 heterocycles. The van der Waals surface area contributed by atoms with Crippen molar-refractivity contribution in [3.63, 3.8) is 0 Å². The Hall–Kier alpha value is -2.78. The Bertz CT molecular complexity index is 1040. The van der Waals surface area contributed by atoms with Crippen LogP contribution in [0.3, 0.4) is 0 Å². The summed E-state index contributed by atoms with van der Waals surface area (Å²) in [5, 5.41) is 11.2. The molecule has 0 aliphatic carbocycles. The largest absolute Gasteiger partial charge is 0.368 e.